The molecule has 0 radical (unpaired) electrons. The molecule has 1 aliphatic rings. The van der Waals surface area contributed by atoms with Crippen LogP contribution in [0.4, 0.5) is 23.8 Å². The fraction of sp³-hybridized carbons (Fsp3) is 0.348. The van der Waals surface area contributed by atoms with Crippen molar-refractivity contribution in [3.8, 4) is 11.5 Å². The number of benzene rings is 2. The molecule has 0 spiro atoms. The first kappa shape index (κ1) is 23.4. The SMILES string of the molecule is COc1cc2ncnc(N3CCN(C(=O)NCc4ccc(C(F)(F)F)cc4)CC3)c2cc1OC. The Hall–Kier alpha value is -3.76. The first-order valence-corrected chi connectivity index (χ1v) is 10.6. The minimum Gasteiger partial charge on any atom is -0.493 e. The highest BCUT2D eigenvalue weighted by atomic mass is 19.4. The lowest BCUT2D eigenvalue weighted by Gasteiger charge is -2.35. The Kier molecular flexibility index (Phi) is 6.62. The molecule has 1 N–H and O–H groups in total. The monoisotopic (exact) mass is 475 g/mol. The van der Waals surface area contributed by atoms with Crippen LogP contribution in [0.2, 0.25) is 0 Å². The van der Waals surface area contributed by atoms with Crippen LogP contribution in [0.1, 0.15) is 11.1 Å². The highest BCUT2D eigenvalue weighted by Crippen LogP contribution is 2.35. The van der Waals surface area contributed by atoms with E-state index in [1.54, 1.807) is 25.2 Å². The van der Waals surface area contributed by atoms with E-state index in [0.717, 1.165) is 28.9 Å². The summed E-state index contributed by atoms with van der Waals surface area (Å²) in [6, 6.07) is 8.12. The van der Waals surface area contributed by atoms with Crippen molar-refractivity contribution in [1.82, 2.24) is 20.2 Å². The molecule has 34 heavy (non-hydrogen) atoms. The van der Waals surface area contributed by atoms with Crippen LogP contribution < -0.4 is 19.7 Å². The fourth-order valence-corrected chi connectivity index (χ4v) is 3.84. The van der Waals surface area contributed by atoms with Gasteiger partial charge in [-0.2, -0.15) is 13.2 Å². The molecule has 0 atom stereocenters. The van der Waals surface area contributed by atoms with Crippen molar-refractivity contribution in [2.45, 2.75) is 12.7 Å². The van der Waals surface area contributed by atoms with E-state index in [1.807, 2.05) is 6.07 Å². The van der Waals surface area contributed by atoms with Gasteiger partial charge < -0.3 is 24.6 Å². The number of aromatic nitrogens is 2. The molecule has 4 rings (SSSR count). The van der Waals surface area contributed by atoms with E-state index in [4.69, 9.17) is 9.47 Å². The first-order chi connectivity index (χ1) is 16.3. The number of hydrogen-bond donors (Lipinski definition) is 1. The molecule has 8 nitrogen and oxygen atoms in total. The normalized spacial score (nSPS) is 14.3. The highest BCUT2D eigenvalue weighted by Gasteiger charge is 2.30. The van der Waals surface area contributed by atoms with Gasteiger partial charge in [-0.25, -0.2) is 14.8 Å². The third-order valence-electron chi connectivity index (χ3n) is 5.71. The Bertz CT molecular complexity index is 1160. The predicted molar refractivity (Wildman–Crippen MR) is 120 cm³/mol. The second-order valence-electron chi connectivity index (χ2n) is 7.75. The molecule has 0 bridgehead atoms. The molecule has 0 aliphatic carbocycles. The van der Waals surface area contributed by atoms with Crippen molar-refractivity contribution in [1.29, 1.82) is 0 Å². The number of nitrogens with zero attached hydrogens (tertiary/aromatic N) is 4. The number of alkyl halides is 3. The minimum absolute atomic E-state index is 0.148. The summed E-state index contributed by atoms with van der Waals surface area (Å²) in [5.74, 6) is 1.90. The van der Waals surface area contributed by atoms with E-state index >= 15 is 0 Å². The number of piperazine rings is 1. The smallest absolute Gasteiger partial charge is 0.416 e. The van der Waals surface area contributed by atoms with Crippen LogP contribution in [0, 0.1) is 0 Å². The molecule has 1 saturated heterocycles. The van der Waals surface area contributed by atoms with Gasteiger partial charge in [0.2, 0.25) is 0 Å². The molecule has 11 heteroatoms. The molecule has 2 heterocycles. The third-order valence-corrected chi connectivity index (χ3v) is 5.71. The van der Waals surface area contributed by atoms with Gasteiger partial charge >= 0.3 is 12.2 Å². The van der Waals surface area contributed by atoms with Crippen LogP contribution in [0.15, 0.2) is 42.7 Å². The third kappa shape index (κ3) is 4.92. The predicted octanol–water partition coefficient (Wildman–Crippen LogP) is 3.70. The number of nitrogens with one attached hydrogen (secondary N) is 1. The number of rotatable bonds is 5. The number of anilines is 1. The van der Waals surface area contributed by atoms with Gasteiger partial charge in [0, 0.05) is 44.2 Å². The Balaban J connectivity index is 1.37. The van der Waals surface area contributed by atoms with Crippen LogP contribution in [0.5, 0.6) is 11.5 Å². The number of fused-ring (bicyclic) bond motifs is 1. The van der Waals surface area contributed by atoms with Crippen molar-refractivity contribution in [2.75, 3.05) is 45.3 Å². The second-order valence-corrected chi connectivity index (χ2v) is 7.75. The lowest BCUT2D eigenvalue weighted by molar-refractivity contribution is -0.137. The zero-order chi connectivity index (χ0) is 24.3. The summed E-state index contributed by atoms with van der Waals surface area (Å²) in [4.78, 5) is 25.1. The largest absolute Gasteiger partial charge is 0.493 e. The molecule has 1 aromatic heterocycles. The summed E-state index contributed by atoms with van der Waals surface area (Å²) < 4.78 is 48.8. The molecular weight excluding hydrogens is 451 g/mol. The lowest BCUT2D eigenvalue weighted by Crippen LogP contribution is -2.52. The van der Waals surface area contributed by atoms with Crippen molar-refractivity contribution >= 4 is 22.8 Å². The minimum atomic E-state index is -4.38. The number of ether oxygens (including phenoxy) is 2. The Labute approximate surface area is 194 Å². The van der Waals surface area contributed by atoms with Gasteiger partial charge in [-0.15, -0.1) is 0 Å². The quantitative estimate of drug-likeness (QED) is 0.606. The maximum atomic E-state index is 12.7. The van der Waals surface area contributed by atoms with Gasteiger partial charge in [-0.1, -0.05) is 12.1 Å². The zero-order valence-electron chi connectivity index (χ0n) is 18.7. The van der Waals surface area contributed by atoms with Crippen molar-refractivity contribution < 1.29 is 27.4 Å². The van der Waals surface area contributed by atoms with E-state index in [9.17, 15) is 18.0 Å². The Morgan fingerprint density at radius 1 is 1.00 bits per heavy atom. The van der Waals surface area contributed by atoms with Gasteiger partial charge in [0.25, 0.3) is 0 Å². The zero-order valence-corrected chi connectivity index (χ0v) is 18.7. The maximum absolute atomic E-state index is 12.7. The molecule has 2 amide bonds. The summed E-state index contributed by atoms with van der Waals surface area (Å²) in [7, 11) is 3.13. The van der Waals surface area contributed by atoms with Crippen LogP contribution in [0.25, 0.3) is 10.9 Å². The number of methoxy groups -OCH3 is 2. The van der Waals surface area contributed by atoms with Crippen LogP contribution in [-0.2, 0) is 12.7 Å². The number of urea groups is 1. The van der Waals surface area contributed by atoms with E-state index in [0.29, 0.717) is 43.2 Å². The number of hydrogen-bond acceptors (Lipinski definition) is 6. The standard InChI is InChI=1S/C23H24F3N5O3/c1-33-19-11-17-18(12-20(19)34-2)28-14-29-21(17)30-7-9-31(10-8-30)22(32)27-13-15-3-5-16(6-4-15)23(24,25)26/h3-6,11-12,14H,7-10,13H2,1-2H3,(H,27,32). The molecule has 1 fully saturated rings. The van der Waals surface area contributed by atoms with Crippen LogP contribution in [-0.4, -0.2) is 61.3 Å². The molecule has 1 aliphatic heterocycles. The van der Waals surface area contributed by atoms with Gasteiger partial charge in [-0.3, -0.25) is 0 Å². The van der Waals surface area contributed by atoms with E-state index in [1.165, 1.54) is 18.5 Å². The number of carbonyl (C=O) groups is 1. The fourth-order valence-electron chi connectivity index (χ4n) is 3.84. The summed E-state index contributed by atoms with van der Waals surface area (Å²) in [6.07, 6.45) is -2.89. The van der Waals surface area contributed by atoms with Crippen molar-refractivity contribution in [3.05, 3.63) is 53.9 Å². The van der Waals surface area contributed by atoms with Crippen LogP contribution >= 0.6 is 0 Å². The summed E-state index contributed by atoms with van der Waals surface area (Å²) in [6.45, 7) is 2.22. The Morgan fingerprint density at radius 2 is 1.65 bits per heavy atom. The van der Waals surface area contributed by atoms with E-state index in [2.05, 4.69) is 20.2 Å². The topological polar surface area (TPSA) is 79.8 Å². The molecule has 0 unspecified atom stereocenters. The number of amides is 2. The van der Waals surface area contributed by atoms with Gasteiger partial charge in [0.05, 0.1) is 25.3 Å². The second kappa shape index (κ2) is 9.62. The molecule has 2 aromatic carbocycles. The van der Waals surface area contributed by atoms with E-state index in [-0.39, 0.29) is 12.6 Å². The number of halogens is 3. The summed E-state index contributed by atoms with van der Waals surface area (Å²) >= 11 is 0. The molecule has 3 aromatic rings. The van der Waals surface area contributed by atoms with Crippen LogP contribution in [0.3, 0.4) is 0 Å². The maximum Gasteiger partial charge on any atom is 0.416 e. The first-order valence-electron chi connectivity index (χ1n) is 10.6. The molecule has 0 saturated carbocycles. The van der Waals surface area contributed by atoms with Gasteiger partial charge in [0.15, 0.2) is 11.5 Å². The summed E-state index contributed by atoms with van der Waals surface area (Å²) in [5, 5.41) is 3.59. The highest BCUT2D eigenvalue weighted by molar-refractivity contribution is 5.92. The molecule has 180 valence electrons. The van der Waals surface area contributed by atoms with E-state index < -0.39 is 11.7 Å². The average Bonchev–Trinajstić information content (AvgIpc) is 2.85. The van der Waals surface area contributed by atoms with Crippen molar-refractivity contribution in [3.63, 3.8) is 0 Å². The Morgan fingerprint density at radius 3 is 2.26 bits per heavy atom. The van der Waals surface area contributed by atoms with Gasteiger partial charge in [0.1, 0.15) is 12.1 Å². The lowest BCUT2D eigenvalue weighted by atomic mass is 10.1. The molecular formula is C23H24F3N5O3. The number of carbonyl (C=O) groups excluding carboxylic acids is 1. The summed E-state index contributed by atoms with van der Waals surface area (Å²) in [5.41, 5.74) is 0.600. The van der Waals surface area contributed by atoms with Gasteiger partial charge in [-0.05, 0) is 23.8 Å². The van der Waals surface area contributed by atoms with Crippen molar-refractivity contribution in [2.24, 2.45) is 0 Å². The average molecular weight is 475 g/mol.